The molecule has 1 fully saturated rings. The Balaban J connectivity index is 1.20. The van der Waals surface area contributed by atoms with Crippen molar-refractivity contribution in [1.82, 2.24) is 19.7 Å². The Morgan fingerprint density at radius 1 is 0.974 bits per heavy atom. The lowest BCUT2D eigenvalue weighted by Gasteiger charge is -2.36. The van der Waals surface area contributed by atoms with Crippen molar-refractivity contribution in [2.75, 3.05) is 31.1 Å². The Labute approximate surface area is 226 Å². The first-order valence-corrected chi connectivity index (χ1v) is 13.6. The molecule has 1 aliphatic heterocycles. The lowest BCUT2D eigenvalue weighted by atomic mass is 10.1. The molecule has 0 bridgehead atoms. The first-order chi connectivity index (χ1) is 18.5. The molecule has 2 heterocycles. The van der Waals surface area contributed by atoms with Crippen LogP contribution in [0.1, 0.15) is 21.5 Å². The van der Waals surface area contributed by atoms with E-state index in [2.05, 4.69) is 52.5 Å². The second kappa shape index (κ2) is 11.6. The van der Waals surface area contributed by atoms with Gasteiger partial charge in [0.1, 0.15) is 5.82 Å². The van der Waals surface area contributed by atoms with Crippen LogP contribution >= 0.6 is 11.8 Å². The molecule has 1 aromatic heterocycles. The zero-order chi connectivity index (χ0) is 26.5. The summed E-state index contributed by atoms with van der Waals surface area (Å²) in [6.45, 7) is 8.92. The predicted octanol–water partition coefficient (Wildman–Crippen LogP) is 5.83. The quantitative estimate of drug-likeness (QED) is 0.213. The molecular formula is C30H30FN5OS. The van der Waals surface area contributed by atoms with Crippen LogP contribution in [0.5, 0.6) is 0 Å². The summed E-state index contributed by atoms with van der Waals surface area (Å²) in [5.41, 5.74) is 4.58. The lowest BCUT2D eigenvalue weighted by molar-refractivity contribution is 0.0746. The first kappa shape index (κ1) is 25.7. The fourth-order valence-corrected chi connectivity index (χ4v) is 5.44. The summed E-state index contributed by atoms with van der Waals surface area (Å²) in [6, 6.07) is 22.8. The number of para-hydroxylation sites is 1. The molecule has 5 rings (SSSR count). The molecule has 4 aromatic rings. The SMILES string of the molecule is C=CCn1c(SCc2ccc(C(=O)N3CCN(c4ccccc4F)CC3)cc2)nnc1-c1ccc(C)cc1. The Bertz CT molecular complexity index is 1410. The highest BCUT2D eigenvalue weighted by atomic mass is 32.2. The summed E-state index contributed by atoms with van der Waals surface area (Å²) >= 11 is 1.61. The molecule has 0 radical (unpaired) electrons. The van der Waals surface area contributed by atoms with Gasteiger partial charge in [-0.15, -0.1) is 16.8 Å². The van der Waals surface area contributed by atoms with E-state index in [1.165, 1.54) is 11.6 Å². The minimum absolute atomic E-state index is 0.00542. The number of piperazine rings is 1. The summed E-state index contributed by atoms with van der Waals surface area (Å²) in [7, 11) is 0. The molecular weight excluding hydrogens is 497 g/mol. The van der Waals surface area contributed by atoms with E-state index in [4.69, 9.17) is 0 Å². The minimum atomic E-state index is -0.227. The molecule has 0 aliphatic carbocycles. The number of benzene rings is 3. The number of thioether (sulfide) groups is 1. The van der Waals surface area contributed by atoms with E-state index in [1.54, 1.807) is 23.9 Å². The van der Waals surface area contributed by atoms with Crippen molar-refractivity contribution in [3.8, 4) is 11.4 Å². The molecule has 1 amide bonds. The normalized spacial score (nSPS) is 13.5. The topological polar surface area (TPSA) is 54.3 Å². The molecule has 0 atom stereocenters. The number of anilines is 1. The van der Waals surface area contributed by atoms with E-state index in [9.17, 15) is 9.18 Å². The van der Waals surface area contributed by atoms with Crippen LogP contribution < -0.4 is 4.90 Å². The van der Waals surface area contributed by atoms with E-state index in [-0.39, 0.29) is 11.7 Å². The largest absolute Gasteiger partial charge is 0.366 e. The van der Waals surface area contributed by atoms with Crippen LogP contribution in [0.4, 0.5) is 10.1 Å². The number of nitrogens with zero attached hydrogens (tertiary/aromatic N) is 5. The maximum atomic E-state index is 14.1. The summed E-state index contributed by atoms with van der Waals surface area (Å²) in [5.74, 6) is 1.31. The van der Waals surface area contributed by atoms with Crippen molar-refractivity contribution in [1.29, 1.82) is 0 Å². The molecule has 8 heteroatoms. The van der Waals surface area contributed by atoms with Gasteiger partial charge in [-0.2, -0.15) is 0 Å². The van der Waals surface area contributed by atoms with Crippen LogP contribution in [-0.4, -0.2) is 51.8 Å². The molecule has 6 nitrogen and oxygen atoms in total. The van der Waals surface area contributed by atoms with Crippen LogP contribution in [0.15, 0.2) is 90.6 Å². The number of halogens is 1. The van der Waals surface area contributed by atoms with Gasteiger partial charge < -0.3 is 9.80 Å². The molecule has 0 N–H and O–H groups in total. The van der Waals surface area contributed by atoms with E-state index in [1.807, 2.05) is 46.2 Å². The van der Waals surface area contributed by atoms with Gasteiger partial charge in [-0.3, -0.25) is 9.36 Å². The summed E-state index contributed by atoms with van der Waals surface area (Å²) in [4.78, 5) is 16.9. The van der Waals surface area contributed by atoms with Crippen LogP contribution in [-0.2, 0) is 12.3 Å². The second-order valence-corrected chi connectivity index (χ2v) is 10.2. The van der Waals surface area contributed by atoms with E-state index in [0.717, 1.165) is 22.1 Å². The van der Waals surface area contributed by atoms with Gasteiger partial charge in [-0.1, -0.05) is 71.9 Å². The number of carbonyl (C=O) groups is 1. The number of amides is 1. The fourth-order valence-electron chi connectivity index (χ4n) is 4.54. The highest BCUT2D eigenvalue weighted by molar-refractivity contribution is 7.98. The molecule has 3 aromatic carbocycles. The smallest absolute Gasteiger partial charge is 0.253 e. The van der Waals surface area contributed by atoms with Gasteiger partial charge in [-0.05, 0) is 36.8 Å². The Hall–Kier alpha value is -3.91. The highest BCUT2D eigenvalue weighted by Crippen LogP contribution is 2.27. The van der Waals surface area contributed by atoms with Crippen molar-refractivity contribution in [3.63, 3.8) is 0 Å². The van der Waals surface area contributed by atoms with Gasteiger partial charge in [0, 0.05) is 49.6 Å². The molecule has 0 saturated carbocycles. The van der Waals surface area contributed by atoms with Gasteiger partial charge in [0.15, 0.2) is 11.0 Å². The lowest BCUT2D eigenvalue weighted by Crippen LogP contribution is -2.49. The Morgan fingerprint density at radius 2 is 1.68 bits per heavy atom. The molecule has 0 spiro atoms. The van der Waals surface area contributed by atoms with Gasteiger partial charge in [0.2, 0.25) is 0 Å². The zero-order valence-electron chi connectivity index (χ0n) is 21.4. The second-order valence-electron chi connectivity index (χ2n) is 9.29. The predicted molar refractivity (Wildman–Crippen MR) is 151 cm³/mol. The van der Waals surface area contributed by atoms with Crippen LogP contribution in [0.25, 0.3) is 11.4 Å². The van der Waals surface area contributed by atoms with Crippen LogP contribution in [0.2, 0.25) is 0 Å². The van der Waals surface area contributed by atoms with E-state index < -0.39 is 0 Å². The highest BCUT2D eigenvalue weighted by Gasteiger charge is 2.23. The molecule has 0 unspecified atom stereocenters. The average molecular weight is 528 g/mol. The number of aromatic nitrogens is 3. The summed E-state index contributed by atoms with van der Waals surface area (Å²) in [5, 5.41) is 9.69. The maximum absolute atomic E-state index is 14.1. The van der Waals surface area contributed by atoms with E-state index >= 15 is 0 Å². The van der Waals surface area contributed by atoms with Crippen molar-refractivity contribution in [2.45, 2.75) is 24.4 Å². The van der Waals surface area contributed by atoms with Crippen molar-refractivity contribution >= 4 is 23.4 Å². The Morgan fingerprint density at radius 3 is 2.37 bits per heavy atom. The number of hydrogen-bond acceptors (Lipinski definition) is 5. The molecule has 38 heavy (non-hydrogen) atoms. The van der Waals surface area contributed by atoms with Crippen molar-refractivity contribution in [2.24, 2.45) is 0 Å². The maximum Gasteiger partial charge on any atom is 0.253 e. The van der Waals surface area contributed by atoms with Gasteiger partial charge in [0.25, 0.3) is 5.91 Å². The summed E-state index contributed by atoms with van der Waals surface area (Å²) in [6.07, 6.45) is 1.85. The van der Waals surface area contributed by atoms with Crippen molar-refractivity contribution in [3.05, 3.63) is 108 Å². The van der Waals surface area contributed by atoms with E-state index in [0.29, 0.717) is 49.7 Å². The van der Waals surface area contributed by atoms with Gasteiger partial charge in [-0.25, -0.2) is 4.39 Å². The zero-order valence-corrected chi connectivity index (χ0v) is 22.2. The van der Waals surface area contributed by atoms with Gasteiger partial charge >= 0.3 is 0 Å². The summed E-state index contributed by atoms with van der Waals surface area (Å²) < 4.78 is 16.2. The average Bonchev–Trinajstić information content (AvgIpc) is 3.35. The molecule has 1 aliphatic rings. The first-order valence-electron chi connectivity index (χ1n) is 12.6. The third-order valence-corrected chi connectivity index (χ3v) is 7.71. The molecule has 194 valence electrons. The molecule has 1 saturated heterocycles. The number of aryl methyl sites for hydroxylation is 1. The number of rotatable bonds is 8. The fraction of sp³-hybridized carbons (Fsp3) is 0.233. The Kier molecular flexibility index (Phi) is 7.89. The van der Waals surface area contributed by atoms with Crippen LogP contribution in [0, 0.1) is 12.7 Å². The number of hydrogen-bond donors (Lipinski definition) is 0. The minimum Gasteiger partial charge on any atom is -0.366 e. The standard InChI is InChI=1S/C30H30FN5OS/c1-3-16-36-28(24-12-8-22(2)9-13-24)32-33-30(36)38-21-23-10-14-25(15-11-23)29(37)35-19-17-34(18-20-35)27-7-5-4-6-26(27)31/h3-15H,1,16-21H2,2H3. The monoisotopic (exact) mass is 527 g/mol. The number of carbonyl (C=O) groups excluding carboxylic acids is 1. The van der Waals surface area contributed by atoms with Crippen LogP contribution in [0.3, 0.4) is 0 Å². The van der Waals surface area contributed by atoms with Gasteiger partial charge in [0.05, 0.1) is 5.69 Å². The third-order valence-electron chi connectivity index (χ3n) is 6.67. The third kappa shape index (κ3) is 5.65. The number of allylic oxidation sites excluding steroid dienone is 1. The van der Waals surface area contributed by atoms with Crippen molar-refractivity contribution < 1.29 is 9.18 Å².